The summed E-state index contributed by atoms with van der Waals surface area (Å²) in [6.45, 7) is 7.53. The molecule has 3 aromatic rings. The van der Waals surface area contributed by atoms with Crippen molar-refractivity contribution >= 4 is 22.3 Å². The van der Waals surface area contributed by atoms with Crippen molar-refractivity contribution in [2.45, 2.75) is 58.5 Å². The van der Waals surface area contributed by atoms with Crippen LogP contribution >= 0.6 is 0 Å². The second kappa shape index (κ2) is 11.6. The molecule has 2 aromatic carbocycles. The van der Waals surface area contributed by atoms with Crippen LogP contribution in [0, 0.1) is 13.8 Å². The maximum atomic E-state index is 12.5. The van der Waals surface area contributed by atoms with Crippen LogP contribution in [0.4, 0.5) is 18.9 Å². The molecular weight excluding hydrogens is 411 g/mol. The third-order valence-corrected chi connectivity index (χ3v) is 5.28. The quantitative estimate of drug-likeness (QED) is 0.411. The van der Waals surface area contributed by atoms with E-state index in [0.717, 1.165) is 17.2 Å². The van der Waals surface area contributed by atoms with E-state index < -0.39 is 11.9 Å². The third-order valence-electron chi connectivity index (χ3n) is 5.28. The molecule has 32 heavy (non-hydrogen) atoms. The number of nitrogen functional groups attached to an aromatic ring is 1. The van der Waals surface area contributed by atoms with Gasteiger partial charge in [0.25, 0.3) is 0 Å². The Morgan fingerprint density at radius 1 is 0.906 bits per heavy atom. The molecule has 4 N–H and O–H groups in total. The fraction of sp³-hybridized carbons (Fsp3) is 0.346. The van der Waals surface area contributed by atoms with Gasteiger partial charge in [-0.25, -0.2) is 4.98 Å². The normalized spacial score (nSPS) is 13.4. The number of aryl methyl sites for hydroxylation is 2. The standard InChI is InChI=1S/C11H9F3N2.C9H11N.C6H12/c1-6-2-3-9-7(4-6)8(15)5-10(16-9)11(12,13)14;1-7-5-3-4-6-9(7)8(2)10;1-2-4-6-5-3-1/h2-5H,1H3,(H2,15,16);3-6H,2,10H2,1H3;1-6H2. The highest BCUT2D eigenvalue weighted by atomic mass is 19.4. The number of alkyl halides is 3. The van der Waals surface area contributed by atoms with E-state index in [1.165, 1.54) is 50.2 Å². The molecule has 1 aromatic heterocycles. The van der Waals surface area contributed by atoms with E-state index in [2.05, 4.69) is 11.6 Å². The summed E-state index contributed by atoms with van der Waals surface area (Å²) < 4.78 is 37.4. The number of fused-ring (bicyclic) bond motifs is 1. The highest BCUT2D eigenvalue weighted by molar-refractivity contribution is 5.90. The molecular formula is C26H32F3N3. The second-order valence-electron chi connectivity index (χ2n) is 8.08. The summed E-state index contributed by atoms with van der Waals surface area (Å²) in [4.78, 5) is 3.54. The first-order chi connectivity index (χ1) is 15.1. The number of halogens is 3. The highest BCUT2D eigenvalue weighted by Gasteiger charge is 2.33. The Morgan fingerprint density at radius 2 is 1.47 bits per heavy atom. The largest absolute Gasteiger partial charge is 0.433 e. The van der Waals surface area contributed by atoms with Gasteiger partial charge in [-0.2, -0.15) is 13.2 Å². The number of nitrogens with two attached hydrogens (primary N) is 2. The molecule has 0 aliphatic heterocycles. The number of hydrogen-bond donors (Lipinski definition) is 2. The van der Waals surface area contributed by atoms with E-state index in [4.69, 9.17) is 11.5 Å². The van der Waals surface area contributed by atoms with Crippen molar-refractivity contribution in [3.8, 4) is 0 Å². The lowest BCUT2D eigenvalue weighted by Gasteiger charge is -2.09. The Balaban J connectivity index is 0.000000192. The van der Waals surface area contributed by atoms with Gasteiger partial charge in [0.2, 0.25) is 0 Å². The molecule has 0 atom stereocenters. The van der Waals surface area contributed by atoms with Crippen molar-refractivity contribution in [1.29, 1.82) is 0 Å². The van der Waals surface area contributed by atoms with E-state index >= 15 is 0 Å². The van der Waals surface area contributed by atoms with Crippen molar-refractivity contribution in [3.63, 3.8) is 0 Å². The van der Waals surface area contributed by atoms with Crippen LogP contribution in [0.15, 0.2) is 55.1 Å². The third kappa shape index (κ3) is 7.59. The Bertz CT molecular complexity index is 1030. The molecule has 1 aliphatic carbocycles. The minimum atomic E-state index is -4.47. The zero-order valence-electron chi connectivity index (χ0n) is 18.8. The van der Waals surface area contributed by atoms with E-state index in [9.17, 15) is 13.2 Å². The van der Waals surface area contributed by atoms with Crippen molar-refractivity contribution in [2.24, 2.45) is 5.73 Å². The first kappa shape index (κ1) is 25.2. The SMILES string of the molecule is C1CCCCC1.C=C(N)c1ccccc1C.Cc1ccc2nc(C(F)(F)F)cc(N)c2c1. The highest BCUT2D eigenvalue weighted by Crippen LogP contribution is 2.32. The van der Waals surface area contributed by atoms with Crippen LogP contribution < -0.4 is 11.5 Å². The Hall–Kier alpha value is -3.02. The van der Waals surface area contributed by atoms with Crippen molar-refractivity contribution in [2.75, 3.05) is 5.73 Å². The van der Waals surface area contributed by atoms with Crippen LogP contribution in [0.25, 0.3) is 16.6 Å². The molecule has 0 amide bonds. The van der Waals surface area contributed by atoms with Gasteiger partial charge in [0.1, 0.15) is 5.69 Å². The van der Waals surface area contributed by atoms with Crippen molar-refractivity contribution in [1.82, 2.24) is 4.98 Å². The summed E-state index contributed by atoms with van der Waals surface area (Å²) in [5.41, 5.74) is 14.3. The maximum Gasteiger partial charge on any atom is 0.433 e. The van der Waals surface area contributed by atoms with E-state index in [1.54, 1.807) is 12.1 Å². The number of hydrogen-bond acceptors (Lipinski definition) is 3. The van der Waals surface area contributed by atoms with E-state index in [-0.39, 0.29) is 11.2 Å². The first-order valence-corrected chi connectivity index (χ1v) is 10.8. The summed E-state index contributed by atoms with van der Waals surface area (Å²) in [5, 5.41) is 0.549. The molecule has 6 heteroatoms. The Labute approximate surface area is 188 Å². The van der Waals surface area contributed by atoms with Gasteiger partial charge in [0, 0.05) is 16.8 Å². The van der Waals surface area contributed by atoms with Gasteiger partial charge in [-0.05, 0) is 43.2 Å². The Morgan fingerprint density at radius 3 is 1.94 bits per heavy atom. The fourth-order valence-electron chi connectivity index (χ4n) is 3.50. The zero-order chi connectivity index (χ0) is 23.7. The van der Waals surface area contributed by atoms with Crippen LogP contribution in [0.2, 0.25) is 0 Å². The molecule has 1 fully saturated rings. The minimum absolute atomic E-state index is 0.0982. The summed E-state index contributed by atoms with van der Waals surface area (Å²) >= 11 is 0. The molecule has 0 spiro atoms. The number of rotatable bonds is 1. The predicted octanol–water partition coefficient (Wildman–Crippen LogP) is 7.41. The number of pyridine rings is 1. The van der Waals surface area contributed by atoms with Gasteiger partial charge in [-0.1, -0.05) is 81.0 Å². The topological polar surface area (TPSA) is 64.9 Å². The maximum absolute atomic E-state index is 12.5. The number of anilines is 1. The van der Waals surface area contributed by atoms with Gasteiger partial charge in [0.15, 0.2) is 0 Å². The average Bonchev–Trinajstić information content (AvgIpc) is 2.76. The molecule has 0 bridgehead atoms. The summed E-state index contributed by atoms with van der Waals surface area (Å²) in [6.07, 6.45) is 4.53. The average molecular weight is 444 g/mol. The van der Waals surface area contributed by atoms with Crippen LogP contribution in [0.1, 0.15) is 60.9 Å². The lowest BCUT2D eigenvalue weighted by atomic mass is 10.0. The van der Waals surface area contributed by atoms with Crippen LogP contribution in [0.5, 0.6) is 0 Å². The first-order valence-electron chi connectivity index (χ1n) is 10.8. The smallest absolute Gasteiger partial charge is 0.399 e. The summed E-state index contributed by atoms with van der Waals surface area (Å²) in [7, 11) is 0. The summed E-state index contributed by atoms with van der Waals surface area (Å²) in [6, 6.07) is 13.8. The van der Waals surface area contributed by atoms with Gasteiger partial charge in [-0.15, -0.1) is 0 Å². The van der Waals surface area contributed by atoms with Crippen molar-refractivity contribution < 1.29 is 13.2 Å². The molecule has 1 heterocycles. The molecule has 0 radical (unpaired) electrons. The number of nitrogens with zero attached hydrogens (tertiary/aromatic N) is 1. The van der Waals surface area contributed by atoms with Crippen molar-refractivity contribution in [3.05, 3.63) is 77.5 Å². The lowest BCUT2D eigenvalue weighted by Crippen LogP contribution is -2.09. The number of aromatic nitrogens is 1. The van der Waals surface area contributed by atoms with Gasteiger partial charge < -0.3 is 11.5 Å². The molecule has 172 valence electrons. The molecule has 0 unspecified atom stereocenters. The van der Waals surface area contributed by atoms with Crippen LogP contribution in [-0.4, -0.2) is 4.98 Å². The van der Waals surface area contributed by atoms with Crippen LogP contribution in [0.3, 0.4) is 0 Å². The monoisotopic (exact) mass is 443 g/mol. The van der Waals surface area contributed by atoms with Gasteiger partial charge >= 0.3 is 6.18 Å². The molecule has 0 saturated heterocycles. The van der Waals surface area contributed by atoms with E-state index in [0.29, 0.717) is 11.1 Å². The fourth-order valence-corrected chi connectivity index (χ4v) is 3.50. The lowest BCUT2D eigenvalue weighted by molar-refractivity contribution is -0.140. The van der Waals surface area contributed by atoms with Gasteiger partial charge in [0.05, 0.1) is 5.52 Å². The molecule has 1 aliphatic rings. The molecule has 3 nitrogen and oxygen atoms in total. The molecule has 4 rings (SSSR count). The van der Waals surface area contributed by atoms with Gasteiger partial charge in [-0.3, -0.25) is 0 Å². The van der Waals surface area contributed by atoms with E-state index in [1.807, 2.05) is 38.1 Å². The Kier molecular flexibility index (Phi) is 9.12. The minimum Gasteiger partial charge on any atom is -0.399 e. The molecule has 1 saturated carbocycles. The zero-order valence-corrected chi connectivity index (χ0v) is 18.8. The number of benzene rings is 2. The predicted molar refractivity (Wildman–Crippen MR) is 128 cm³/mol. The van der Waals surface area contributed by atoms with Crippen LogP contribution in [-0.2, 0) is 6.18 Å². The second-order valence-corrected chi connectivity index (χ2v) is 8.08. The summed E-state index contributed by atoms with van der Waals surface area (Å²) in [5.74, 6) is 0.